The Bertz CT molecular complexity index is 362. The molecule has 0 atom stereocenters. The molecule has 5 heteroatoms. The molecule has 0 aromatic heterocycles. The van der Waals surface area contributed by atoms with Crippen LogP contribution in [0.15, 0.2) is 18.2 Å². The first-order chi connectivity index (χ1) is 7.54. The van der Waals surface area contributed by atoms with E-state index in [0.29, 0.717) is 28.1 Å². The molecule has 0 spiro atoms. The molecule has 0 unspecified atom stereocenters. The summed E-state index contributed by atoms with van der Waals surface area (Å²) < 4.78 is 0. The Balaban J connectivity index is 2.81. The fourth-order valence-corrected chi connectivity index (χ4v) is 2.11. The molecule has 0 aliphatic rings. The lowest BCUT2D eigenvalue weighted by Crippen LogP contribution is -2.32. The van der Waals surface area contributed by atoms with Gasteiger partial charge in [0.15, 0.2) is 0 Å². The van der Waals surface area contributed by atoms with E-state index < -0.39 is 0 Å². The largest absolute Gasteiger partial charge is 0.392 e. The minimum atomic E-state index is 0.477. The molecule has 0 radical (unpaired) electrons. The van der Waals surface area contributed by atoms with Crippen LogP contribution in [-0.2, 0) is 6.54 Å². The summed E-state index contributed by atoms with van der Waals surface area (Å²) in [7, 11) is 0. The highest BCUT2D eigenvalue weighted by atomic mass is 35.5. The molecule has 88 valence electrons. The monoisotopic (exact) mass is 276 g/mol. The predicted molar refractivity (Wildman–Crippen MR) is 74.2 cm³/mol. The zero-order valence-electron chi connectivity index (χ0n) is 9.04. The maximum Gasteiger partial charge on any atom is 0.0870 e. The van der Waals surface area contributed by atoms with Gasteiger partial charge in [-0.05, 0) is 18.7 Å². The van der Waals surface area contributed by atoms with Crippen LogP contribution in [0.4, 0.5) is 0 Å². The van der Waals surface area contributed by atoms with E-state index in [1.54, 1.807) is 0 Å². The van der Waals surface area contributed by atoms with Gasteiger partial charge in [0, 0.05) is 28.7 Å². The summed E-state index contributed by atoms with van der Waals surface area (Å²) in [6.07, 6.45) is 0. The van der Waals surface area contributed by atoms with Gasteiger partial charge < -0.3 is 5.73 Å². The lowest BCUT2D eigenvalue weighted by molar-refractivity contribution is 0.321. The second-order valence-electron chi connectivity index (χ2n) is 3.47. The molecule has 16 heavy (non-hydrogen) atoms. The Labute approximate surface area is 111 Å². The molecule has 0 saturated carbocycles. The molecule has 1 rings (SSSR count). The molecule has 1 aromatic carbocycles. The Morgan fingerprint density at radius 3 is 2.38 bits per heavy atom. The third kappa shape index (κ3) is 3.91. The molecule has 2 nitrogen and oxygen atoms in total. The number of nitrogens with zero attached hydrogens (tertiary/aromatic N) is 1. The average Bonchev–Trinajstić information content (AvgIpc) is 2.21. The van der Waals surface area contributed by atoms with Crippen molar-refractivity contribution in [2.45, 2.75) is 13.5 Å². The maximum atomic E-state index is 6.09. The number of hydrogen-bond donors (Lipinski definition) is 1. The lowest BCUT2D eigenvalue weighted by atomic mass is 10.2. The van der Waals surface area contributed by atoms with Crippen molar-refractivity contribution in [1.82, 2.24) is 4.90 Å². The van der Waals surface area contributed by atoms with Crippen molar-refractivity contribution in [1.29, 1.82) is 0 Å². The Kier molecular flexibility index (Phi) is 5.49. The van der Waals surface area contributed by atoms with Crippen molar-refractivity contribution in [3.05, 3.63) is 33.8 Å². The van der Waals surface area contributed by atoms with Crippen molar-refractivity contribution in [2.75, 3.05) is 13.1 Å². The van der Waals surface area contributed by atoms with Crippen LogP contribution in [0, 0.1) is 0 Å². The first-order valence-corrected chi connectivity index (χ1v) is 6.14. The smallest absolute Gasteiger partial charge is 0.0870 e. The fraction of sp³-hybridized carbons (Fsp3) is 0.364. The van der Waals surface area contributed by atoms with E-state index in [-0.39, 0.29) is 0 Å². The van der Waals surface area contributed by atoms with E-state index in [0.717, 1.165) is 12.1 Å². The Hall–Kier alpha value is -0.350. The van der Waals surface area contributed by atoms with Gasteiger partial charge in [-0.3, -0.25) is 4.90 Å². The third-order valence-corrected chi connectivity index (χ3v) is 3.11. The van der Waals surface area contributed by atoms with Crippen LogP contribution >= 0.6 is 35.4 Å². The van der Waals surface area contributed by atoms with Crippen molar-refractivity contribution >= 4 is 40.4 Å². The predicted octanol–water partition coefficient (Wildman–Crippen LogP) is 3.10. The number of rotatable bonds is 5. The van der Waals surface area contributed by atoms with Gasteiger partial charge in [0.1, 0.15) is 0 Å². The highest BCUT2D eigenvalue weighted by molar-refractivity contribution is 7.80. The van der Waals surface area contributed by atoms with Crippen LogP contribution in [0.3, 0.4) is 0 Å². The number of thiocarbonyl (C=S) groups is 1. The third-order valence-electron chi connectivity index (χ3n) is 2.27. The van der Waals surface area contributed by atoms with Crippen molar-refractivity contribution < 1.29 is 0 Å². The van der Waals surface area contributed by atoms with Crippen LogP contribution in [0.5, 0.6) is 0 Å². The van der Waals surface area contributed by atoms with Gasteiger partial charge in [0.05, 0.1) is 4.99 Å². The second kappa shape index (κ2) is 6.40. The summed E-state index contributed by atoms with van der Waals surface area (Å²) in [6, 6.07) is 5.49. The zero-order chi connectivity index (χ0) is 12.1. The number of hydrogen-bond acceptors (Lipinski definition) is 2. The van der Waals surface area contributed by atoms with E-state index in [2.05, 4.69) is 4.90 Å². The molecule has 0 aliphatic carbocycles. The highest BCUT2D eigenvalue weighted by Crippen LogP contribution is 2.25. The first-order valence-electron chi connectivity index (χ1n) is 4.98. The lowest BCUT2D eigenvalue weighted by Gasteiger charge is -2.20. The molecule has 0 saturated heterocycles. The van der Waals surface area contributed by atoms with Gasteiger partial charge in [0.2, 0.25) is 0 Å². The topological polar surface area (TPSA) is 29.3 Å². The minimum Gasteiger partial charge on any atom is -0.392 e. The van der Waals surface area contributed by atoms with Gasteiger partial charge in [-0.2, -0.15) is 0 Å². The van der Waals surface area contributed by atoms with Gasteiger partial charge in [-0.15, -0.1) is 0 Å². The van der Waals surface area contributed by atoms with Gasteiger partial charge in [0.25, 0.3) is 0 Å². The van der Waals surface area contributed by atoms with Crippen LogP contribution in [-0.4, -0.2) is 23.0 Å². The average molecular weight is 277 g/mol. The Morgan fingerprint density at radius 1 is 1.38 bits per heavy atom. The SMILES string of the molecule is CCN(CC(N)=S)Cc1c(Cl)cccc1Cl. The summed E-state index contributed by atoms with van der Waals surface area (Å²) in [6.45, 7) is 4.13. The molecule has 0 heterocycles. The van der Waals surface area contributed by atoms with Crippen molar-refractivity contribution in [2.24, 2.45) is 5.73 Å². The fourth-order valence-electron chi connectivity index (χ4n) is 1.41. The van der Waals surface area contributed by atoms with E-state index in [1.165, 1.54) is 0 Å². The molecular formula is C11H14Cl2N2S. The molecule has 0 aliphatic heterocycles. The number of halogens is 2. The zero-order valence-corrected chi connectivity index (χ0v) is 11.4. The number of likely N-dealkylation sites (N-methyl/N-ethyl adjacent to an activating group) is 1. The molecular weight excluding hydrogens is 263 g/mol. The molecule has 1 aromatic rings. The minimum absolute atomic E-state index is 0.477. The van der Waals surface area contributed by atoms with Gasteiger partial charge in [-0.1, -0.05) is 48.4 Å². The summed E-state index contributed by atoms with van der Waals surface area (Å²) in [4.78, 5) is 2.57. The second-order valence-corrected chi connectivity index (χ2v) is 4.81. The van der Waals surface area contributed by atoms with Crippen molar-refractivity contribution in [3.8, 4) is 0 Å². The van der Waals surface area contributed by atoms with E-state index >= 15 is 0 Å². The normalized spacial score (nSPS) is 10.8. The van der Waals surface area contributed by atoms with E-state index in [4.69, 9.17) is 41.2 Å². The molecule has 0 amide bonds. The standard InChI is InChI=1S/C11H14Cl2N2S/c1-2-15(7-11(14)16)6-8-9(12)4-3-5-10(8)13/h3-5H,2,6-7H2,1H3,(H2,14,16). The van der Waals surface area contributed by atoms with E-state index in [9.17, 15) is 0 Å². The number of nitrogens with two attached hydrogens (primary N) is 1. The Morgan fingerprint density at radius 2 is 1.94 bits per heavy atom. The molecule has 2 N–H and O–H groups in total. The molecule has 0 bridgehead atoms. The quantitative estimate of drug-likeness (QED) is 0.838. The number of benzene rings is 1. The van der Waals surface area contributed by atoms with Gasteiger partial charge in [-0.25, -0.2) is 0 Å². The maximum absolute atomic E-state index is 6.09. The van der Waals surface area contributed by atoms with Crippen LogP contribution in [0.25, 0.3) is 0 Å². The van der Waals surface area contributed by atoms with E-state index in [1.807, 2.05) is 25.1 Å². The van der Waals surface area contributed by atoms with Gasteiger partial charge >= 0.3 is 0 Å². The van der Waals surface area contributed by atoms with Crippen LogP contribution in [0.2, 0.25) is 10.0 Å². The summed E-state index contributed by atoms with van der Waals surface area (Å²) in [5.74, 6) is 0. The summed E-state index contributed by atoms with van der Waals surface area (Å²) in [5.41, 5.74) is 6.44. The highest BCUT2D eigenvalue weighted by Gasteiger charge is 2.10. The molecule has 0 fully saturated rings. The summed E-state index contributed by atoms with van der Waals surface area (Å²) >= 11 is 17.1. The van der Waals surface area contributed by atoms with Crippen molar-refractivity contribution in [3.63, 3.8) is 0 Å². The van der Waals surface area contributed by atoms with Crippen LogP contribution in [0.1, 0.15) is 12.5 Å². The van der Waals surface area contributed by atoms with Crippen LogP contribution < -0.4 is 5.73 Å². The first kappa shape index (κ1) is 13.7. The summed E-state index contributed by atoms with van der Waals surface area (Å²) in [5, 5.41) is 1.35.